The Bertz CT molecular complexity index is 454. The molecule has 5 heteroatoms. The summed E-state index contributed by atoms with van der Waals surface area (Å²) >= 11 is 0. The average molecular weight is 266 g/mol. The van der Waals surface area contributed by atoms with Crippen LogP contribution in [0.5, 0.6) is 17.2 Å². The second-order valence-corrected chi connectivity index (χ2v) is 4.27. The molecule has 0 bridgehead atoms. The second-order valence-electron chi connectivity index (χ2n) is 4.27. The lowest BCUT2D eigenvalue weighted by molar-refractivity contribution is -0.125. The normalized spacial score (nSPS) is 10.1. The number of rotatable bonds is 7. The van der Waals surface area contributed by atoms with Crippen molar-refractivity contribution in [3.8, 4) is 17.2 Å². The van der Waals surface area contributed by atoms with Gasteiger partial charge in [0.15, 0.2) is 11.5 Å². The molecule has 19 heavy (non-hydrogen) atoms. The molecule has 1 N–H and O–H groups in total. The SMILES string of the molecule is COc1cc(CCC(=O)CC(C)=O)cc(OC)c1O. The average Bonchev–Trinajstić information content (AvgIpc) is 2.36. The van der Waals surface area contributed by atoms with Gasteiger partial charge in [0.25, 0.3) is 0 Å². The molecule has 0 spiro atoms. The first kappa shape index (κ1) is 15.0. The van der Waals surface area contributed by atoms with E-state index in [9.17, 15) is 14.7 Å². The lowest BCUT2D eigenvalue weighted by Crippen LogP contribution is -2.05. The number of hydrogen-bond donors (Lipinski definition) is 1. The van der Waals surface area contributed by atoms with Crippen molar-refractivity contribution in [1.82, 2.24) is 0 Å². The van der Waals surface area contributed by atoms with Gasteiger partial charge in [-0.25, -0.2) is 0 Å². The molecule has 0 aliphatic carbocycles. The van der Waals surface area contributed by atoms with E-state index in [0.29, 0.717) is 17.9 Å². The molecule has 0 saturated heterocycles. The van der Waals surface area contributed by atoms with Gasteiger partial charge < -0.3 is 14.6 Å². The van der Waals surface area contributed by atoms with Crippen LogP contribution in [0.1, 0.15) is 25.3 Å². The summed E-state index contributed by atoms with van der Waals surface area (Å²) in [5, 5.41) is 9.75. The third kappa shape index (κ3) is 4.28. The van der Waals surface area contributed by atoms with Gasteiger partial charge in [-0.15, -0.1) is 0 Å². The lowest BCUT2D eigenvalue weighted by Gasteiger charge is -2.11. The van der Waals surface area contributed by atoms with Gasteiger partial charge in [-0.2, -0.15) is 0 Å². The fourth-order valence-electron chi connectivity index (χ4n) is 1.74. The number of hydrogen-bond acceptors (Lipinski definition) is 5. The number of phenolic OH excluding ortho intramolecular Hbond substituents is 1. The molecule has 5 nitrogen and oxygen atoms in total. The molecule has 0 heterocycles. The van der Waals surface area contributed by atoms with Crippen molar-refractivity contribution in [2.24, 2.45) is 0 Å². The Morgan fingerprint density at radius 2 is 1.68 bits per heavy atom. The van der Waals surface area contributed by atoms with Crippen LogP contribution in [0.3, 0.4) is 0 Å². The number of carbonyl (C=O) groups excluding carboxylic acids is 2. The number of aromatic hydroxyl groups is 1. The first-order valence-corrected chi connectivity index (χ1v) is 5.93. The second kappa shape index (κ2) is 6.78. The van der Waals surface area contributed by atoms with Gasteiger partial charge in [0, 0.05) is 6.42 Å². The number of ether oxygens (including phenoxy) is 2. The molecule has 1 aromatic rings. The highest BCUT2D eigenvalue weighted by molar-refractivity contribution is 5.97. The maximum Gasteiger partial charge on any atom is 0.200 e. The van der Waals surface area contributed by atoms with Crippen LogP contribution in [-0.2, 0) is 16.0 Å². The summed E-state index contributed by atoms with van der Waals surface area (Å²) in [7, 11) is 2.89. The Labute approximate surface area is 112 Å². The van der Waals surface area contributed by atoms with Crippen molar-refractivity contribution < 1.29 is 24.2 Å². The van der Waals surface area contributed by atoms with Crippen molar-refractivity contribution in [3.05, 3.63) is 17.7 Å². The van der Waals surface area contributed by atoms with Gasteiger partial charge in [-0.3, -0.25) is 9.59 Å². The van der Waals surface area contributed by atoms with E-state index in [0.717, 1.165) is 5.56 Å². The third-order valence-corrected chi connectivity index (χ3v) is 2.68. The molecule has 0 fully saturated rings. The molecular formula is C14H18O5. The molecule has 0 amide bonds. The summed E-state index contributed by atoms with van der Waals surface area (Å²) in [5.41, 5.74) is 0.809. The van der Waals surface area contributed by atoms with E-state index in [1.54, 1.807) is 12.1 Å². The van der Waals surface area contributed by atoms with Crippen molar-refractivity contribution >= 4 is 11.6 Å². The van der Waals surface area contributed by atoms with Crippen LogP contribution in [0.4, 0.5) is 0 Å². The van der Waals surface area contributed by atoms with E-state index < -0.39 is 0 Å². The number of phenols is 1. The van der Waals surface area contributed by atoms with Crippen LogP contribution < -0.4 is 9.47 Å². The van der Waals surface area contributed by atoms with Gasteiger partial charge >= 0.3 is 0 Å². The monoisotopic (exact) mass is 266 g/mol. The Balaban J connectivity index is 2.78. The first-order valence-electron chi connectivity index (χ1n) is 5.93. The molecule has 0 atom stereocenters. The topological polar surface area (TPSA) is 72.8 Å². The summed E-state index contributed by atoms with van der Waals surface area (Å²) in [6.07, 6.45) is 0.710. The van der Waals surface area contributed by atoms with Crippen LogP contribution in [-0.4, -0.2) is 30.9 Å². The van der Waals surface area contributed by atoms with Crippen molar-refractivity contribution in [2.45, 2.75) is 26.2 Å². The molecule has 0 radical (unpaired) electrons. The summed E-state index contributed by atoms with van der Waals surface area (Å²) < 4.78 is 10.1. The van der Waals surface area contributed by atoms with Gasteiger partial charge in [0.1, 0.15) is 11.6 Å². The van der Waals surface area contributed by atoms with Gasteiger partial charge in [-0.1, -0.05) is 0 Å². The van der Waals surface area contributed by atoms with Crippen LogP contribution in [0, 0.1) is 0 Å². The van der Waals surface area contributed by atoms with E-state index in [2.05, 4.69) is 0 Å². The summed E-state index contributed by atoms with van der Waals surface area (Å²) in [6.45, 7) is 1.39. The molecule has 0 aromatic heterocycles. The lowest BCUT2D eigenvalue weighted by atomic mass is 10.0. The van der Waals surface area contributed by atoms with Crippen LogP contribution >= 0.6 is 0 Å². The number of Topliss-reactive ketones (excluding diaryl/α,β-unsaturated/α-hetero) is 2. The molecule has 1 aromatic carbocycles. The van der Waals surface area contributed by atoms with E-state index in [1.165, 1.54) is 21.1 Å². The van der Waals surface area contributed by atoms with Gasteiger partial charge in [0.05, 0.1) is 20.6 Å². The summed E-state index contributed by atoms with van der Waals surface area (Å²) in [6, 6.07) is 3.30. The molecule has 1 rings (SSSR count). The smallest absolute Gasteiger partial charge is 0.200 e. The minimum absolute atomic E-state index is 0.0354. The van der Waals surface area contributed by atoms with E-state index >= 15 is 0 Å². The van der Waals surface area contributed by atoms with E-state index in [4.69, 9.17) is 9.47 Å². The maximum atomic E-state index is 11.5. The van der Waals surface area contributed by atoms with Crippen molar-refractivity contribution in [1.29, 1.82) is 0 Å². The van der Waals surface area contributed by atoms with Gasteiger partial charge in [-0.05, 0) is 31.0 Å². The van der Waals surface area contributed by atoms with Crippen molar-refractivity contribution in [2.75, 3.05) is 14.2 Å². The number of methoxy groups -OCH3 is 2. The highest BCUT2D eigenvalue weighted by Crippen LogP contribution is 2.37. The predicted molar refractivity (Wildman–Crippen MR) is 69.8 cm³/mol. The zero-order valence-electron chi connectivity index (χ0n) is 11.4. The fourth-order valence-corrected chi connectivity index (χ4v) is 1.74. The highest BCUT2D eigenvalue weighted by Gasteiger charge is 2.12. The number of aryl methyl sites for hydroxylation is 1. The minimum atomic E-state index is -0.133. The molecule has 104 valence electrons. The quantitative estimate of drug-likeness (QED) is 0.763. The van der Waals surface area contributed by atoms with Gasteiger partial charge in [0.2, 0.25) is 5.75 Å². The number of carbonyl (C=O) groups is 2. The number of ketones is 2. The third-order valence-electron chi connectivity index (χ3n) is 2.68. The zero-order valence-corrected chi connectivity index (χ0v) is 11.4. The summed E-state index contributed by atoms with van der Waals surface area (Å²) in [5.74, 6) is 0.301. The molecule has 0 saturated carbocycles. The predicted octanol–water partition coefficient (Wildman–Crippen LogP) is 1.89. The largest absolute Gasteiger partial charge is 0.502 e. The molecular weight excluding hydrogens is 248 g/mol. The van der Waals surface area contributed by atoms with E-state index in [-0.39, 0.29) is 30.2 Å². The standard InChI is InChI=1S/C14H18O5/c1-9(15)6-11(16)5-4-10-7-12(18-2)14(17)13(8-10)19-3/h7-8,17H,4-6H2,1-3H3. The minimum Gasteiger partial charge on any atom is -0.502 e. The van der Waals surface area contributed by atoms with Crippen LogP contribution in [0.15, 0.2) is 12.1 Å². The molecule has 0 aliphatic rings. The first-order chi connectivity index (χ1) is 8.97. The molecule has 0 unspecified atom stereocenters. The van der Waals surface area contributed by atoms with Crippen molar-refractivity contribution in [3.63, 3.8) is 0 Å². The fraction of sp³-hybridized carbons (Fsp3) is 0.429. The maximum absolute atomic E-state index is 11.5. The summed E-state index contributed by atoms with van der Waals surface area (Å²) in [4.78, 5) is 22.3. The Morgan fingerprint density at radius 3 is 2.11 bits per heavy atom. The van der Waals surface area contributed by atoms with E-state index in [1.807, 2.05) is 0 Å². The number of benzene rings is 1. The van der Waals surface area contributed by atoms with Crippen LogP contribution in [0.2, 0.25) is 0 Å². The highest BCUT2D eigenvalue weighted by atomic mass is 16.5. The Morgan fingerprint density at radius 1 is 1.16 bits per heavy atom. The Hall–Kier alpha value is -2.04. The van der Waals surface area contributed by atoms with Crippen LogP contribution in [0.25, 0.3) is 0 Å². The zero-order chi connectivity index (χ0) is 14.4. The Kier molecular flexibility index (Phi) is 5.36. The molecule has 0 aliphatic heterocycles.